The number of hydrogen-bond acceptors (Lipinski definition) is 2. The molecule has 1 saturated heterocycles. The van der Waals surface area contributed by atoms with Gasteiger partial charge in [0.2, 0.25) is 0 Å². The van der Waals surface area contributed by atoms with E-state index in [4.69, 9.17) is 0 Å². The van der Waals surface area contributed by atoms with Crippen LogP contribution in [0.15, 0.2) is 0 Å². The highest BCUT2D eigenvalue weighted by molar-refractivity contribution is 4.95. The number of rotatable bonds is 3. The summed E-state index contributed by atoms with van der Waals surface area (Å²) in [4.78, 5) is 0. The molecule has 2 N–H and O–H groups in total. The summed E-state index contributed by atoms with van der Waals surface area (Å²) in [5.74, 6) is 1.82. The third-order valence-corrected chi connectivity index (χ3v) is 5.72. The van der Waals surface area contributed by atoms with Crippen LogP contribution < -0.4 is 10.6 Å². The third kappa shape index (κ3) is 2.75. The largest absolute Gasteiger partial charge is 0.314 e. The van der Waals surface area contributed by atoms with Gasteiger partial charge in [0.05, 0.1) is 0 Å². The van der Waals surface area contributed by atoms with Crippen molar-refractivity contribution in [3.05, 3.63) is 0 Å². The fraction of sp³-hybridized carbons (Fsp3) is 1.00. The fourth-order valence-electron chi connectivity index (χ4n) is 4.59. The zero-order valence-corrected chi connectivity index (χ0v) is 12.0. The van der Waals surface area contributed by atoms with Crippen molar-refractivity contribution in [2.75, 3.05) is 6.54 Å². The van der Waals surface area contributed by atoms with E-state index in [1.54, 1.807) is 0 Å². The molecule has 3 fully saturated rings. The Morgan fingerprint density at radius 2 is 1.67 bits per heavy atom. The fourth-order valence-corrected chi connectivity index (χ4v) is 4.59. The first-order valence-electron chi connectivity index (χ1n) is 8.34. The van der Waals surface area contributed by atoms with Gasteiger partial charge in [0.15, 0.2) is 0 Å². The molecule has 3 rings (SSSR count). The van der Waals surface area contributed by atoms with Crippen LogP contribution in [0.4, 0.5) is 0 Å². The lowest BCUT2D eigenvalue weighted by Gasteiger charge is -2.35. The Morgan fingerprint density at radius 1 is 0.833 bits per heavy atom. The molecule has 3 aliphatic rings. The average molecular weight is 250 g/mol. The summed E-state index contributed by atoms with van der Waals surface area (Å²) in [7, 11) is 0. The molecule has 5 unspecified atom stereocenters. The predicted octanol–water partition coefficient (Wildman–Crippen LogP) is 3.08. The van der Waals surface area contributed by atoms with E-state index in [1.165, 1.54) is 64.3 Å². The Kier molecular flexibility index (Phi) is 4.25. The molecular weight excluding hydrogens is 220 g/mol. The van der Waals surface area contributed by atoms with E-state index in [-0.39, 0.29) is 0 Å². The molecule has 0 aromatic rings. The molecule has 18 heavy (non-hydrogen) atoms. The molecule has 0 amide bonds. The number of nitrogens with one attached hydrogen (secondary N) is 2. The van der Waals surface area contributed by atoms with E-state index in [9.17, 15) is 0 Å². The summed E-state index contributed by atoms with van der Waals surface area (Å²) < 4.78 is 0. The van der Waals surface area contributed by atoms with Crippen LogP contribution in [0.1, 0.15) is 64.7 Å². The SMILES string of the molecule is CC1CCCC1NC1CCCC1C1CCCCN1. The summed E-state index contributed by atoms with van der Waals surface area (Å²) in [5, 5.41) is 7.82. The monoisotopic (exact) mass is 250 g/mol. The second-order valence-electron chi connectivity index (χ2n) is 6.94. The molecule has 0 radical (unpaired) electrons. The highest BCUT2D eigenvalue weighted by atomic mass is 15.0. The third-order valence-electron chi connectivity index (χ3n) is 5.72. The van der Waals surface area contributed by atoms with Crippen LogP contribution >= 0.6 is 0 Å². The van der Waals surface area contributed by atoms with E-state index >= 15 is 0 Å². The zero-order chi connectivity index (χ0) is 12.4. The normalized spacial score (nSPS) is 45.5. The molecule has 2 saturated carbocycles. The van der Waals surface area contributed by atoms with Crippen LogP contribution in [0.25, 0.3) is 0 Å². The van der Waals surface area contributed by atoms with E-state index < -0.39 is 0 Å². The molecule has 0 bridgehead atoms. The van der Waals surface area contributed by atoms with Gasteiger partial charge in [-0.25, -0.2) is 0 Å². The molecule has 0 spiro atoms. The van der Waals surface area contributed by atoms with Crippen LogP contribution in [0.2, 0.25) is 0 Å². The van der Waals surface area contributed by atoms with Gasteiger partial charge in [-0.15, -0.1) is 0 Å². The van der Waals surface area contributed by atoms with Gasteiger partial charge in [-0.2, -0.15) is 0 Å². The number of piperidine rings is 1. The van der Waals surface area contributed by atoms with Crippen molar-refractivity contribution in [1.29, 1.82) is 0 Å². The first-order valence-corrected chi connectivity index (χ1v) is 8.34. The molecular formula is C16H30N2. The molecule has 0 aromatic carbocycles. The molecule has 0 aromatic heterocycles. The van der Waals surface area contributed by atoms with Crippen molar-refractivity contribution in [3.8, 4) is 0 Å². The van der Waals surface area contributed by atoms with Crippen LogP contribution in [0.3, 0.4) is 0 Å². The summed E-state index contributed by atoms with van der Waals surface area (Å²) in [6.07, 6.45) is 12.9. The minimum Gasteiger partial charge on any atom is -0.314 e. The highest BCUT2D eigenvalue weighted by Gasteiger charge is 2.36. The highest BCUT2D eigenvalue weighted by Crippen LogP contribution is 2.34. The van der Waals surface area contributed by atoms with Gasteiger partial charge in [0, 0.05) is 18.1 Å². The van der Waals surface area contributed by atoms with Gasteiger partial charge in [-0.05, 0) is 56.9 Å². The first-order chi connectivity index (χ1) is 8.84. The summed E-state index contributed by atoms with van der Waals surface area (Å²) in [5.41, 5.74) is 0. The molecule has 5 atom stereocenters. The van der Waals surface area contributed by atoms with Gasteiger partial charge in [0.1, 0.15) is 0 Å². The van der Waals surface area contributed by atoms with Crippen molar-refractivity contribution in [2.45, 2.75) is 82.8 Å². The van der Waals surface area contributed by atoms with Gasteiger partial charge < -0.3 is 10.6 Å². The standard InChI is InChI=1S/C16H30N2/c1-12-6-4-9-14(12)18-16-10-5-7-13(16)15-8-2-3-11-17-15/h12-18H,2-11H2,1H3. The van der Waals surface area contributed by atoms with Gasteiger partial charge in [-0.1, -0.05) is 26.2 Å². The van der Waals surface area contributed by atoms with Crippen LogP contribution in [0.5, 0.6) is 0 Å². The van der Waals surface area contributed by atoms with Crippen molar-refractivity contribution < 1.29 is 0 Å². The van der Waals surface area contributed by atoms with E-state index in [2.05, 4.69) is 17.6 Å². The first kappa shape index (κ1) is 12.9. The summed E-state index contributed by atoms with van der Waals surface area (Å²) in [6, 6.07) is 2.45. The van der Waals surface area contributed by atoms with Crippen molar-refractivity contribution in [2.24, 2.45) is 11.8 Å². The van der Waals surface area contributed by atoms with Crippen molar-refractivity contribution >= 4 is 0 Å². The smallest absolute Gasteiger partial charge is 0.0113 e. The number of hydrogen-bond donors (Lipinski definition) is 2. The average Bonchev–Trinajstić information content (AvgIpc) is 3.01. The molecule has 1 aliphatic heterocycles. The lowest BCUT2D eigenvalue weighted by atomic mass is 9.87. The topological polar surface area (TPSA) is 24.1 Å². The summed E-state index contributed by atoms with van der Waals surface area (Å²) in [6.45, 7) is 3.70. The Balaban J connectivity index is 1.56. The van der Waals surface area contributed by atoms with Gasteiger partial charge >= 0.3 is 0 Å². The summed E-state index contributed by atoms with van der Waals surface area (Å²) >= 11 is 0. The maximum atomic E-state index is 4.03. The Morgan fingerprint density at radius 3 is 2.39 bits per heavy atom. The van der Waals surface area contributed by atoms with Crippen LogP contribution in [-0.4, -0.2) is 24.7 Å². The van der Waals surface area contributed by atoms with Gasteiger partial charge in [-0.3, -0.25) is 0 Å². The van der Waals surface area contributed by atoms with Crippen LogP contribution in [-0.2, 0) is 0 Å². The molecule has 1 heterocycles. The minimum absolute atomic E-state index is 0.811. The lowest BCUT2D eigenvalue weighted by Crippen LogP contribution is -2.49. The van der Waals surface area contributed by atoms with Crippen LogP contribution in [0, 0.1) is 11.8 Å². The maximum absolute atomic E-state index is 4.03. The molecule has 104 valence electrons. The second-order valence-corrected chi connectivity index (χ2v) is 6.94. The Bertz CT molecular complexity index is 260. The Hall–Kier alpha value is -0.0800. The lowest BCUT2D eigenvalue weighted by molar-refractivity contribution is 0.237. The zero-order valence-electron chi connectivity index (χ0n) is 12.0. The quantitative estimate of drug-likeness (QED) is 0.804. The maximum Gasteiger partial charge on any atom is 0.0113 e. The molecule has 2 aliphatic carbocycles. The van der Waals surface area contributed by atoms with Crippen molar-refractivity contribution in [1.82, 2.24) is 10.6 Å². The van der Waals surface area contributed by atoms with E-state index in [0.29, 0.717) is 0 Å². The van der Waals surface area contributed by atoms with E-state index in [1.807, 2.05) is 0 Å². The minimum atomic E-state index is 0.811. The van der Waals surface area contributed by atoms with Gasteiger partial charge in [0.25, 0.3) is 0 Å². The molecule has 2 heteroatoms. The van der Waals surface area contributed by atoms with E-state index in [0.717, 1.165) is 30.0 Å². The molecule has 2 nitrogen and oxygen atoms in total. The Labute approximate surface area is 112 Å². The second kappa shape index (κ2) is 5.92. The van der Waals surface area contributed by atoms with Crippen molar-refractivity contribution in [3.63, 3.8) is 0 Å². The predicted molar refractivity (Wildman–Crippen MR) is 76.7 cm³/mol.